The minimum absolute atomic E-state index is 0.0184. The van der Waals surface area contributed by atoms with Crippen molar-refractivity contribution in [1.82, 2.24) is 14.8 Å². The topological polar surface area (TPSA) is 62.7 Å². The van der Waals surface area contributed by atoms with Gasteiger partial charge in [-0.3, -0.25) is 14.6 Å². The SMILES string of the molecule is Cc1cccc(CN2C[C@@]34C=C[C@@H](O3)C(C(=O)N(C)CCc3ccccn3)C4C2=O)c1. The van der Waals surface area contributed by atoms with Crippen LogP contribution in [0.3, 0.4) is 0 Å². The second-order valence-corrected chi connectivity index (χ2v) is 8.91. The molecule has 3 aliphatic heterocycles. The minimum atomic E-state index is -0.673. The Morgan fingerprint density at radius 3 is 2.94 bits per heavy atom. The fourth-order valence-corrected chi connectivity index (χ4v) is 5.22. The third-order valence-corrected chi connectivity index (χ3v) is 6.73. The molecule has 6 heteroatoms. The molecule has 0 N–H and O–H groups in total. The summed E-state index contributed by atoms with van der Waals surface area (Å²) in [4.78, 5) is 34.7. The lowest BCUT2D eigenvalue weighted by molar-refractivity contribution is -0.142. The summed E-state index contributed by atoms with van der Waals surface area (Å²) >= 11 is 0. The molecule has 0 aliphatic carbocycles. The normalized spacial score (nSPS) is 28.3. The molecule has 2 bridgehead atoms. The van der Waals surface area contributed by atoms with E-state index in [0.29, 0.717) is 26.1 Å². The first-order valence-corrected chi connectivity index (χ1v) is 10.8. The van der Waals surface area contributed by atoms with Crippen LogP contribution in [-0.4, -0.2) is 58.4 Å². The Kier molecular flexibility index (Phi) is 4.89. The molecule has 6 nitrogen and oxygen atoms in total. The number of carbonyl (C=O) groups is 2. The molecular weight excluding hydrogens is 390 g/mol. The number of rotatable bonds is 6. The quantitative estimate of drug-likeness (QED) is 0.677. The zero-order valence-electron chi connectivity index (χ0n) is 17.9. The van der Waals surface area contributed by atoms with Gasteiger partial charge in [0.2, 0.25) is 11.8 Å². The van der Waals surface area contributed by atoms with Gasteiger partial charge in [0.05, 0.1) is 24.5 Å². The second kappa shape index (κ2) is 7.61. The van der Waals surface area contributed by atoms with Gasteiger partial charge in [-0.25, -0.2) is 0 Å². The standard InChI is InChI=1S/C25H27N3O3/c1-17-6-5-7-18(14-17)15-28-16-25-11-9-20(31-25)21(22(25)24(28)30)23(29)27(2)13-10-19-8-3-4-12-26-19/h3-9,11-12,14,20-22H,10,13,15-16H2,1-2H3/t20-,21?,22?,25-/m1/s1. The number of hydrogen-bond donors (Lipinski definition) is 0. The van der Waals surface area contributed by atoms with E-state index in [2.05, 4.69) is 11.1 Å². The van der Waals surface area contributed by atoms with E-state index in [1.54, 1.807) is 18.1 Å². The summed E-state index contributed by atoms with van der Waals surface area (Å²) in [5.74, 6) is -0.918. The Bertz CT molecular complexity index is 1040. The molecule has 2 saturated heterocycles. The lowest BCUT2D eigenvalue weighted by Crippen LogP contribution is -2.45. The number of nitrogens with zero attached hydrogens (tertiary/aromatic N) is 3. The number of likely N-dealkylation sites (tertiary alicyclic amines) is 1. The molecule has 0 saturated carbocycles. The summed E-state index contributed by atoms with van der Waals surface area (Å²) in [7, 11) is 1.80. The van der Waals surface area contributed by atoms with E-state index >= 15 is 0 Å². The molecule has 2 aromatic rings. The molecular formula is C25H27N3O3. The number of amides is 2. The van der Waals surface area contributed by atoms with Gasteiger partial charge in [-0.1, -0.05) is 48.0 Å². The van der Waals surface area contributed by atoms with E-state index in [9.17, 15) is 9.59 Å². The molecule has 0 radical (unpaired) electrons. The van der Waals surface area contributed by atoms with Crippen molar-refractivity contribution in [2.24, 2.45) is 11.8 Å². The van der Waals surface area contributed by atoms with Crippen molar-refractivity contribution < 1.29 is 14.3 Å². The largest absolute Gasteiger partial charge is 0.360 e. The lowest BCUT2D eigenvalue weighted by atomic mass is 9.76. The van der Waals surface area contributed by atoms with Gasteiger partial charge in [-0.15, -0.1) is 0 Å². The van der Waals surface area contributed by atoms with Crippen LogP contribution in [-0.2, 0) is 27.3 Å². The fourth-order valence-electron chi connectivity index (χ4n) is 5.22. The third kappa shape index (κ3) is 3.45. The molecule has 3 aliphatic rings. The van der Waals surface area contributed by atoms with Crippen LogP contribution in [0.1, 0.15) is 16.8 Å². The van der Waals surface area contributed by atoms with Gasteiger partial charge in [0, 0.05) is 38.4 Å². The molecule has 4 heterocycles. The maximum atomic E-state index is 13.4. The van der Waals surface area contributed by atoms with Crippen molar-refractivity contribution in [3.05, 3.63) is 77.6 Å². The van der Waals surface area contributed by atoms with Gasteiger partial charge in [-0.05, 0) is 24.6 Å². The van der Waals surface area contributed by atoms with Gasteiger partial charge in [0.25, 0.3) is 0 Å². The predicted octanol–water partition coefficient (Wildman–Crippen LogP) is 2.37. The molecule has 160 valence electrons. The molecule has 1 spiro atoms. The van der Waals surface area contributed by atoms with E-state index < -0.39 is 17.4 Å². The maximum absolute atomic E-state index is 13.4. The van der Waals surface area contributed by atoms with Gasteiger partial charge in [0.1, 0.15) is 5.60 Å². The average molecular weight is 418 g/mol. The van der Waals surface area contributed by atoms with Crippen LogP contribution in [0.2, 0.25) is 0 Å². The number of hydrogen-bond acceptors (Lipinski definition) is 4. The number of ether oxygens (including phenoxy) is 1. The number of benzene rings is 1. The molecule has 2 unspecified atom stereocenters. The Hall–Kier alpha value is -2.99. The molecule has 1 aromatic heterocycles. The van der Waals surface area contributed by atoms with Crippen molar-refractivity contribution >= 4 is 11.8 Å². The van der Waals surface area contributed by atoms with Crippen molar-refractivity contribution in [3.8, 4) is 0 Å². The van der Waals surface area contributed by atoms with Crippen LogP contribution < -0.4 is 0 Å². The first-order chi connectivity index (χ1) is 15.0. The number of fused-ring (bicyclic) bond motifs is 1. The summed E-state index contributed by atoms with van der Waals surface area (Å²) in [6.07, 6.45) is 6.10. The van der Waals surface area contributed by atoms with Crippen LogP contribution in [0.15, 0.2) is 60.8 Å². The molecule has 2 fully saturated rings. The number of pyridine rings is 1. The zero-order chi connectivity index (χ0) is 21.6. The Morgan fingerprint density at radius 2 is 2.16 bits per heavy atom. The molecule has 31 heavy (non-hydrogen) atoms. The highest BCUT2D eigenvalue weighted by Gasteiger charge is 2.67. The van der Waals surface area contributed by atoms with Crippen molar-refractivity contribution in [2.45, 2.75) is 31.6 Å². The number of carbonyl (C=O) groups excluding carboxylic acids is 2. The predicted molar refractivity (Wildman–Crippen MR) is 116 cm³/mol. The van der Waals surface area contributed by atoms with Gasteiger partial charge >= 0.3 is 0 Å². The van der Waals surface area contributed by atoms with E-state index in [0.717, 1.165) is 11.3 Å². The van der Waals surface area contributed by atoms with Crippen LogP contribution >= 0.6 is 0 Å². The minimum Gasteiger partial charge on any atom is -0.360 e. The Morgan fingerprint density at radius 1 is 1.29 bits per heavy atom. The fraction of sp³-hybridized carbons (Fsp3) is 0.400. The number of aryl methyl sites for hydroxylation is 1. The van der Waals surface area contributed by atoms with E-state index in [4.69, 9.17) is 4.74 Å². The Balaban J connectivity index is 1.31. The van der Waals surface area contributed by atoms with Crippen molar-refractivity contribution in [1.29, 1.82) is 0 Å². The average Bonchev–Trinajstić information content (AvgIpc) is 3.40. The van der Waals surface area contributed by atoms with Crippen molar-refractivity contribution in [3.63, 3.8) is 0 Å². The second-order valence-electron chi connectivity index (χ2n) is 8.91. The summed E-state index contributed by atoms with van der Waals surface area (Å²) in [5.41, 5.74) is 2.54. The maximum Gasteiger partial charge on any atom is 0.230 e. The van der Waals surface area contributed by atoms with Crippen LogP contribution in [0.25, 0.3) is 0 Å². The summed E-state index contributed by atoms with van der Waals surface area (Å²) in [5, 5.41) is 0. The summed E-state index contributed by atoms with van der Waals surface area (Å²) in [6.45, 7) is 3.64. The molecule has 1 aromatic carbocycles. The monoisotopic (exact) mass is 417 g/mol. The highest BCUT2D eigenvalue weighted by molar-refractivity contribution is 5.93. The van der Waals surface area contributed by atoms with Crippen molar-refractivity contribution in [2.75, 3.05) is 20.1 Å². The van der Waals surface area contributed by atoms with Gasteiger partial charge < -0.3 is 14.5 Å². The summed E-state index contributed by atoms with van der Waals surface area (Å²) < 4.78 is 6.26. The van der Waals surface area contributed by atoms with E-state index in [1.165, 1.54) is 5.56 Å². The van der Waals surface area contributed by atoms with Crippen LogP contribution in [0.4, 0.5) is 0 Å². The molecule has 4 atom stereocenters. The van der Waals surface area contributed by atoms with E-state index in [1.807, 2.05) is 60.4 Å². The third-order valence-electron chi connectivity index (χ3n) is 6.73. The molecule has 2 amide bonds. The first kappa shape index (κ1) is 19.9. The van der Waals surface area contributed by atoms with Gasteiger partial charge in [0.15, 0.2) is 0 Å². The smallest absolute Gasteiger partial charge is 0.230 e. The highest BCUT2D eigenvalue weighted by Crippen LogP contribution is 2.52. The number of likely N-dealkylation sites (N-methyl/N-ethyl adjacent to an activating group) is 1. The van der Waals surface area contributed by atoms with Crippen LogP contribution in [0.5, 0.6) is 0 Å². The molecule has 5 rings (SSSR count). The lowest BCUT2D eigenvalue weighted by Gasteiger charge is -2.27. The summed E-state index contributed by atoms with van der Waals surface area (Å²) in [6, 6.07) is 14.0. The van der Waals surface area contributed by atoms with Gasteiger partial charge in [-0.2, -0.15) is 0 Å². The highest BCUT2D eigenvalue weighted by atomic mass is 16.5. The van der Waals surface area contributed by atoms with Crippen LogP contribution in [0, 0.1) is 18.8 Å². The number of aromatic nitrogens is 1. The van der Waals surface area contributed by atoms with E-state index in [-0.39, 0.29) is 17.9 Å². The first-order valence-electron chi connectivity index (χ1n) is 10.8. The Labute approximate surface area is 182 Å². The zero-order valence-corrected chi connectivity index (χ0v) is 17.9.